The van der Waals surface area contributed by atoms with Crippen molar-refractivity contribution in [2.45, 2.75) is 45.9 Å². The van der Waals surface area contributed by atoms with Gasteiger partial charge >= 0.3 is 6.09 Å². The highest BCUT2D eigenvalue weighted by Crippen LogP contribution is 2.18. The molecule has 1 unspecified atom stereocenters. The molecule has 112 valence electrons. The predicted molar refractivity (Wildman–Crippen MR) is 76.7 cm³/mol. The molecule has 0 radical (unpaired) electrons. The summed E-state index contributed by atoms with van der Waals surface area (Å²) in [5.41, 5.74) is 0.311. The maximum absolute atomic E-state index is 11.6. The first-order chi connectivity index (χ1) is 9.28. The summed E-state index contributed by atoms with van der Waals surface area (Å²) in [6.07, 6.45) is -1.01. The van der Waals surface area contributed by atoms with Crippen molar-refractivity contribution >= 4 is 6.09 Å². The van der Waals surface area contributed by atoms with Crippen molar-refractivity contribution in [3.63, 3.8) is 0 Å². The van der Waals surface area contributed by atoms with Crippen LogP contribution in [0, 0.1) is 0 Å². The lowest BCUT2D eigenvalue weighted by molar-refractivity contribution is 0.0522. The molecule has 0 bridgehead atoms. The minimum Gasteiger partial charge on any atom is -0.491 e. The van der Waals surface area contributed by atoms with Crippen LogP contribution in [0.5, 0.6) is 5.75 Å². The molecule has 0 heterocycles. The molecule has 0 fully saturated rings. The van der Waals surface area contributed by atoms with E-state index in [4.69, 9.17) is 9.47 Å². The lowest BCUT2D eigenvalue weighted by atomic mass is 10.2. The molecule has 20 heavy (non-hydrogen) atoms. The Morgan fingerprint density at radius 3 is 2.60 bits per heavy atom. The van der Waals surface area contributed by atoms with E-state index in [0.29, 0.717) is 12.3 Å². The van der Waals surface area contributed by atoms with Crippen LogP contribution in [0.3, 0.4) is 0 Å². The summed E-state index contributed by atoms with van der Waals surface area (Å²) in [4.78, 5) is 11.6. The summed E-state index contributed by atoms with van der Waals surface area (Å²) >= 11 is 0. The van der Waals surface area contributed by atoms with Crippen LogP contribution in [0.4, 0.5) is 4.79 Å². The number of para-hydroxylation sites is 1. The van der Waals surface area contributed by atoms with Crippen LogP contribution >= 0.6 is 0 Å². The Balaban J connectivity index is 2.57. The topological polar surface area (TPSA) is 67.8 Å². The zero-order valence-corrected chi connectivity index (χ0v) is 12.5. The maximum atomic E-state index is 11.6. The summed E-state index contributed by atoms with van der Waals surface area (Å²) in [6.45, 7) is 7.61. The van der Waals surface area contributed by atoms with E-state index in [-0.39, 0.29) is 6.61 Å². The van der Waals surface area contributed by atoms with Crippen molar-refractivity contribution in [3.8, 4) is 5.75 Å². The van der Waals surface area contributed by atoms with E-state index in [1.807, 2.05) is 39.0 Å². The van der Waals surface area contributed by atoms with E-state index in [9.17, 15) is 9.90 Å². The van der Waals surface area contributed by atoms with Gasteiger partial charge < -0.3 is 19.9 Å². The molecular formula is C15H23NO4. The van der Waals surface area contributed by atoms with Gasteiger partial charge in [0.15, 0.2) is 0 Å². The molecule has 0 aliphatic rings. The van der Waals surface area contributed by atoms with Crippen molar-refractivity contribution in [3.05, 3.63) is 29.8 Å². The van der Waals surface area contributed by atoms with Crippen molar-refractivity contribution < 1.29 is 19.4 Å². The van der Waals surface area contributed by atoms with Gasteiger partial charge in [-0.3, -0.25) is 0 Å². The van der Waals surface area contributed by atoms with Crippen LogP contribution < -0.4 is 10.1 Å². The summed E-state index contributed by atoms with van der Waals surface area (Å²) < 4.78 is 10.7. The lowest BCUT2D eigenvalue weighted by Crippen LogP contribution is -2.32. The monoisotopic (exact) mass is 281 g/mol. The van der Waals surface area contributed by atoms with E-state index in [0.717, 1.165) is 5.56 Å². The van der Waals surface area contributed by atoms with Crippen LogP contribution in [-0.2, 0) is 11.3 Å². The van der Waals surface area contributed by atoms with Crippen molar-refractivity contribution in [2.75, 3.05) is 6.61 Å². The van der Waals surface area contributed by atoms with Gasteiger partial charge in [-0.05, 0) is 33.8 Å². The van der Waals surface area contributed by atoms with Gasteiger partial charge in [0.1, 0.15) is 18.0 Å². The zero-order valence-electron chi connectivity index (χ0n) is 12.5. The number of carbonyl (C=O) groups is 1. The number of rotatable bonds is 5. The van der Waals surface area contributed by atoms with E-state index < -0.39 is 17.8 Å². The highest BCUT2D eigenvalue weighted by molar-refractivity contribution is 5.67. The first-order valence-corrected chi connectivity index (χ1v) is 6.63. The summed E-state index contributed by atoms with van der Waals surface area (Å²) in [5.74, 6) is 0.643. The van der Waals surface area contributed by atoms with Crippen molar-refractivity contribution in [1.82, 2.24) is 5.32 Å². The van der Waals surface area contributed by atoms with E-state index >= 15 is 0 Å². The number of amides is 1. The molecule has 1 aromatic carbocycles. The Morgan fingerprint density at radius 2 is 2.00 bits per heavy atom. The molecule has 0 saturated carbocycles. The Morgan fingerprint density at radius 1 is 1.35 bits per heavy atom. The molecule has 1 amide bonds. The van der Waals surface area contributed by atoms with Gasteiger partial charge in [-0.2, -0.15) is 0 Å². The number of alkyl carbamates (subject to hydrolysis) is 1. The molecule has 1 aromatic rings. The number of carbonyl (C=O) groups excluding carboxylic acids is 1. The molecule has 0 aliphatic carbocycles. The molecule has 2 N–H and O–H groups in total. The molecule has 0 saturated heterocycles. The van der Waals surface area contributed by atoms with Crippen molar-refractivity contribution in [1.29, 1.82) is 0 Å². The van der Waals surface area contributed by atoms with Crippen molar-refractivity contribution in [2.24, 2.45) is 0 Å². The molecular weight excluding hydrogens is 258 g/mol. The lowest BCUT2D eigenvalue weighted by Gasteiger charge is -2.20. The second-order valence-electron chi connectivity index (χ2n) is 5.62. The highest BCUT2D eigenvalue weighted by atomic mass is 16.6. The number of ether oxygens (including phenoxy) is 2. The standard InChI is InChI=1S/C15H23NO4/c1-11(17)10-19-13-8-6-5-7-12(13)9-16-14(18)20-15(2,3)4/h5-8,11,17H,9-10H2,1-4H3,(H,16,18). The number of aliphatic hydroxyl groups excluding tert-OH is 1. The van der Waals surface area contributed by atoms with Gasteiger partial charge in [0.05, 0.1) is 6.10 Å². The average molecular weight is 281 g/mol. The smallest absolute Gasteiger partial charge is 0.407 e. The number of benzene rings is 1. The third kappa shape index (κ3) is 6.43. The van der Waals surface area contributed by atoms with Gasteiger partial charge in [-0.25, -0.2) is 4.79 Å². The van der Waals surface area contributed by atoms with Gasteiger partial charge in [0.25, 0.3) is 0 Å². The minimum absolute atomic E-state index is 0.212. The molecule has 0 aliphatic heterocycles. The summed E-state index contributed by atoms with van der Waals surface area (Å²) in [6, 6.07) is 7.36. The van der Waals surface area contributed by atoms with E-state index in [1.165, 1.54) is 0 Å². The molecule has 1 atom stereocenters. The molecule has 5 heteroatoms. The Bertz CT molecular complexity index is 438. The zero-order chi connectivity index (χ0) is 15.2. The number of hydrogen-bond acceptors (Lipinski definition) is 4. The number of nitrogens with one attached hydrogen (secondary N) is 1. The third-order valence-electron chi connectivity index (χ3n) is 2.27. The Kier molecular flexibility index (Phi) is 5.82. The largest absolute Gasteiger partial charge is 0.491 e. The molecule has 0 spiro atoms. The Labute approximate surface area is 119 Å². The molecule has 0 aromatic heterocycles. The minimum atomic E-state index is -0.540. The third-order valence-corrected chi connectivity index (χ3v) is 2.27. The summed E-state index contributed by atoms with van der Waals surface area (Å²) in [5, 5.41) is 11.9. The summed E-state index contributed by atoms with van der Waals surface area (Å²) in [7, 11) is 0. The normalized spacial score (nSPS) is 12.7. The van der Waals surface area contributed by atoms with Crippen LogP contribution in [-0.4, -0.2) is 29.5 Å². The SMILES string of the molecule is CC(O)COc1ccccc1CNC(=O)OC(C)(C)C. The second kappa shape index (κ2) is 7.14. The number of aliphatic hydroxyl groups is 1. The molecule has 5 nitrogen and oxygen atoms in total. The van der Waals surface area contributed by atoms with E-state index in [2.05, 4.69) is 5.32 Å². The molecule has 1 rings (SSSR count). The fraction of sp³-hybridized carbons (Fsp3) is 0.533. The average Bonchev–Trinajstić information content (AvgIpc) is 2.32. The fourth-order valence-corrected chi connectivity index (χ4v) is 1.48. The second-order valence-corrected chi connectivity index (χ2v) is 5.62. The van der Waals surface area contributed by atoms with Gasteiger partial charge in [-0.1, -0.05) is 18.2 Å². The van der Waals surface area contributed by atoms with Gasteiger partial charge in [0.2, 0.25) is 0 Å². The predicted octanol–water partition coefficient (Wildman–Crippen LogP) is 2.47. The highest BCUT2D eigenvalue weighted by Gasteiger charge is 2.16. The van der Waals surface area contributed by atoms with Crippen LogP contribution in [0.25, 0.3) is 0 Å². The van der Waals surface area contributed by atoms with Crippen LogP contribution in [0.1, 0.15) is 33.3 Å². The van der Waals surface area contributed by atoms with Crippen LogP contribution in [0.2, 0.25) is 0 Å². The van der Waals surface area contributed by atoms with E-state index in [1.54, 1.807) is 13.0 Å². The van der Waals surface area contributed by atoms with Gasteiger partial charge in [0, 0.05) is 12.1 Å². The van der Waals surface area contributed by atoms with Gasteiger partial charge in [-0.15, -0.1) is 0 Å². The Hall–Kier alpha value is -1.75. The first-order valence-electron chi connectivity index (χ1n) is 6.63. The maximum Gasteiger partial charge on any atom is 0.407 e. The van der Waals surface area contributed by atoms with Crippen LogP contribution in [0.15, 0.2) is 24.3 Å². The first kappa shape index (κ1) is 16.3. The fourth-order valence-electron chi connectivity index (χ4n) is 1.48. The quantitative estimate of drug-likeness (QED) is 0.870. The number of hydrogen-bond donors (Lipinski definition) is 2.